The number of hydrogen-bond acceptors (Lipinski definition) is 8. The lowest BCUT2D eigenvalue weighted by molar-refractivity contribution is -0.870. The summed E-state index contributed by atoms with van der Waals surface area (Å²) in [6.07, 6.45) is 83.1. The number of likely N-dealkylation sites (N-methyl/N-ethyl adjacent to an activating group) is 1. The second-order valence-corrected chi connectivity index (χ2v) is 26.3. The van der Waals surface area contributed by atoms with E-state index in [1.165, 1.54) is 244 Å². The molecule has 0 aromatic rings. The Bertz CT molecular complexity index is 1570. The molecule has 0 aliphatic carbocycles. The molecule has 0 spiro atoms. The van der Waals surface area contributed by atoms with Crippen molar-refractivity contribution in [3.8, 4) is 0 Å². The number of rotatable bonds is 65. The summed E-state index contributed by atoms with van der Waals surface area (Å²) in [6.45, 7) is 4.18. The molecular formula is C72H134NO8P. The van der Waals surface area contributed by atoms with E-state index in [9.17, 15) is 19.0 Å². The average Bonchev–Trinajstić information content (AvgIpc) is 3.45. The Kier molecular flexibility index (Phi) is 61.5. The van der Waals surface area contributed by atoms with E-state index in [0.29, 0.717) is 17.4 Å². The van der Waals surface area contributed by atoms with Crippen LogP contribution in [0, 0.1) is 0 Å². The molecule has 0 aliphatic rings. The van der Waals surface area contributed by atoms with Crippen LogP contribution in [-0.4, -0.2) is 70.0 Å². The van der Waals surface area contributed by atoms with Gasteiger partial charge in [-0.2, -0.15) is 0 Å². The molecule has 0 saturated heterocycles. The van der Waals surface area contributed by atoms with Gasteiger partial charge in [-0.3, -0.25) is 14.2 Å². The van der Waals surface area contributed by atoms with Crippen LogP contribution in [0.4, 0.5) is 0 Å². The molecule has 0 aromatic heterocycles. The predicted molar refractivity (Wildman–Crippen MR) is 351 cm³/mol. The molecule has 2 atom stereocenters. The third kappa shape index (κ3) is 66.8. The normalized spacial score (nSPS) is 13.5. The number of carbonyl (C=O) groups excluding carboxylic acids is 2. The zero-order valence-corrected chi connectivity index (χ0v) is 55.6. The quantitative estimate of drug-likeness (QED) is 0.0195. The summed E-state index contributed by atoms with van der Waals surface area (Å²) in [7, 11) is 1.18. The Labute approximate surface area is 508 Å². The minimum Gasteiger partial charge on any atom is -0.756 e. The molecule has 0 bridgehead atoms. The number of phosphoric ester groups is 1. The predicted octanol–water partition coefficient (Wildman–Crippen LogP) is 22.0. The standard InChI is InChI=1S/C72H134NO8P/c1-6-8-10-12-14-16-18-20-22-24-26-28-30-31-32-33-34-35-36-37-38-39-40-41-43-45-47-49-51-53-55-57-59-61-63-65-72(75)81-70(69-80-82(76,77)79-67-66-73(3,4)5)68-78-71(74)64-62-60-58-56-54-52-50-48-46-44-42-29-27-25-23-21-19-17-15-13-11-9-7-2/h8,10,14,16,20,22,25-28,70H,6-7,9,11-13,15,17-19,21,23-24,29-69H2,1-5H3/b10-8-,16-14-,22-20-,27-25-,28-26-. The highest BCUT2D eigenvalue weighted by atomic mass is 31.2. The minimum atomic E-state index is -4.64. The number of carbonyl (C=O) groups is 2. The SMILES string of the molecule is CC/C=C\C/C=C\C/C=C\C/C=C\CCCCCCCCCCCCCCCCCCCCCCCCC(=O)OC(COC(=O)CCCCCCCCCCCCC/C=C\CCCCCCCCCC)COP(=O)([O-])OCC[N+](C)(C)C. The molecule has 9 nitrogen and oxygen atoms in total. The monoisotopic (exact) mass is 1170 g/mol. The Morgan fingerprint density at radius 2 is 0.695 bits per heavy atom. The summed E-state index contributed by atoms with van der Waals surface area (Å²) in [5, 5.41) is 0. The number of esters is 2. The molecule has 0 aliphatic heterocycles. The maximum Gasteiger partial charge on any atom is 0.306 e. The van der Waals surface area contributed by atoms with Gasteiger partial charge in [-0.25, -0.2) is 0 Å². The van der Waals surface area contributed by atoms with Gasteiger partial charge in [0.1, 0.15) is 19.8 Å². The summed E-state index contributed by atoms with van der Waals surface area (Å²) < 4.78 is 34.3. The average molecular weight is 1170 g/mol. The lowest BCUT2D eigenvalue weighted by Gasteiger charge is -2.28. The lowest BCUT2D eigenvalue weighted by atomic mass is 10.0. The first-order valence-electron chi connectivity index (χ1n) is 35.0. The van der Waals surface area contributed by atoms with Gasteiger partial charge in [0.2, 0.25) is 0 Å². The number of hydrogen-bond donors (Lipinski definition) is 0. The van der Waals surface area contributed by atoms with E-state index in [2.05, 4.69) is 74.6 Å². The maximum atomic E-state index is 12.9. The van der Waals surface area contributed by atoms with Crippen molar-refractivity contribution in [3.63, 3.8) is 0 Å². The van der Waals surface area contributed by atoms with Crippen LogP contribution >= 0.6 is 7.82 Å². The van der Waals surface area contributed by atoms with Gasteiger partial charge in [0.15, 0.2) is 6.10 Å². The number of allylic oxidation sites excluding steroid dienone is 10. The first-order chi connectivity index (χ1) is 40.0. The van der Waals surface area contributed by atoms with E-state index in [1.54, 1.807) is 0 Å². The first-order valence-corrected chi connectivity index (χ1v) is 36.5. The van der Waals surface area contributed by atoms with Gasteiger partial charge in [-0.1, -0.05) is 306 Å². The summed E-state index contributed by atoms with van der Waals surface area (Å²) in [6, 6.07) is 0. The fraction of sp³-hybridized carbons (Fsp3) is 0.833. The summed E-state index contributed by atoms with van der Waals surface area (Å²) in [4.78, 5) is 38.0. The molecule has 0 saturated carbocycles. The molecule has 480 valence electrons. The van der Waals surface area contributed by atoms with Gasteiger partial charge >= 0.3 is 11.9 Å². The zero-order valence-electron chi connectivity index (χ0n) is 54.7. The molecule has 82 heavy (non-hydrogen) atoms. The van der Waals surface area contributed by atoms with E-state index < -0.39 is 26.5 Å². The maximum absolute atomic E-state index is 12.9. The molecule has 2 unspecified atom stereocenters. The minimum absolute atomic E-state index is 0.0294. The third-order valence-corrected chi connectivity index (χ3v) is 16.5. The van der Waals surface area contributed by atoms with Gasteiger partial charge in [-0.05, 0) is 77.0 Å². The Balaban J connectivity index is 3.98. The van der Waals surface area contributed by atoms with Crippen molar-refractivity contribution in [3.05, 3.63) is 60.8 Å². The van der Waals surface area contributed by atoms with Crippen LogP contribution in [0.1, 0.15) is 335 Å². The van der Waals surface area contributed by atoms with Gasteiger partial charge in [0, 0.05) is 12.8 Å². The van der Waals surface area contributed by atoms with Gasteiger partial charge in [0.25, 0.3) is 7.82 Å². The molecule has 0 radical (unpaired) electrons. The Morgan fingerprint density at radius 3 is 1.05 bits per heavy atom. The van der Waals surface area contributed by atoms with Crippen LogP contribution in [-0.2, 0) is 32.7 Å². The lowest BCUT2D eigenvalue weighted by Crippen LogP contribution is -2.37. The molecule has 0 N–H and O–H groups in total. The number of unbranched alkanes of at least 4 members (excludes halogenated alkanes) is 41. The van der Waals surface area contributed by atoms with E-state index in [1.807, 2.05) is 21.1 Å². The molecule has 0 rings (SSSR count). The molecule has 10 heteroatoms. The third-order valence-electron chi connectivity index (χ3n) is 15.5. The molecule has 0 aromatic carbocycles. The summed E-state index contributed by atoms with van der Waals surface area (Å²) in [5.74, 6) is -0.817. The first kappa shape index (κ1) is 79.7. The second kappa shape index (κ2) is 63.2. The Morgan fingerprint density at radius 1 is 0.390 bits per heavy atom. The highest BCUT2D eigenvalue weighted by molar-refractivity contribution is 7.45. The fourth-order valence-corrected chi connectivity index (χ4v) is 10.9. The van der Waals surface area contributed by atoms with Crippen LogP contribution in [0.15, 0.2) is 60.8 Å². The second-order valence-electron chi connectivity index (χ2n) is 24.9. The Hall–Kier alpha value is -2.29. The van der Waals surface area contributed by atoms with Gasteiger partial charge < -0.3 is 27.9 Å². The largest absolute Gasteiger partial charge is 0.756 e. The van der Waals surface area contributed by atoms with Crippen LogP contribution in [0.3, 0.4) is 0 Å². The van der Waals surface area contributed by atoms with E-state index >= 15 is 0 Å². The smallest absolute Gasteiger partial charge is 0.306 e. The van der Waals surface area contributed by atoms with E-state index in [-0.39, 0.29) is 32.0 Å². The van der Waals surface area contributed by atoms with Gasteiger partial charge in [-0.15, -0.1) is 0 Å². The van der Waals surface area contributed by atoms with Crippen molar-refractivity contribution >= 4 is 19.8 Å². The number of ether oxygens (including phenoxy) is 2. The van der Waals surface area contributed by atoms with Crippen molar-refractivity contribution in [2.24, 2.45) is 0 Å². The summed E-state index contributed by atoms with van der Waals surface area (Å²) in [5.41, 5.74) is 0. The number of quaternary nitrogens is 1. The van der Waals surface area contributed by atoms with Crippen molar-refractivity contribution in [1.82, 2.24) is 0 Å². The van der Waals surface area contributed by atoms with Crippen molar-refractivity contribution in [1.29, 1.82) is 0 Å². The fourth-order valence-electron chi connectivity index (χ4n) is 10.2. The highest BCUT2D eigenvalue weighted by Crippen LogP contribution is 2.38. The molecule has 0 amide bonds. The zero-order chi connectivity index (χ0) is 59.8. The van der Waals surface area contributed by atoms with Crippen LogP contribution in [0.2, 0.25) is 0 Å². The molecule has 0 fully saturated rings. The van der Waals surface area contributed by atoms with Crippen LogP contribution in [0.25, 0.3) is 0 Å². The number of nitrogens with zero attached hydrogens (tertiary/aromatic N) is 1. The molecular weight excluding hydrogens is 1040 g/mol. The van der Waals surface area contributed by atoms with Gasteiger partial charge in [0.05, 0.1) is 27.7 Å². The van der Waals surface area contributed by atoms with E-state index in [4.69, 9.17) is 18.5 Å². The van der Waals surface area contributed by atoms with Crippen LogP contribution < -0.4 is 4.89 Å². The van der Waals surface area contributed by atoms with Crippen molar-refractivity contribution in [2.75, 3.05) is 47.5 Å². The molecule has 0 heterocycles. The number of phosphoric acid groups is 1. The van der Waals surface area contributed by atoms with Crippen molar-refractivity contribution in [2.45, 2.75) is 341 Å². The van der Waals surface area contributed by atoms with E-state index in [0.717, 1.165) is 57.8 Å². The summed E-state index contributed by atoms with van der Waals surface area (Å²) >= 11 is 0. The van der Waals surface area contributed by atoms with Crippen LogP contribution in [0.5, 0.6) is 0 Å². The topological polar surface area (TPSA) is 111 Å². The highest BCUT2D eigenvalue weighted by Gasteiger charge is 2.22. The van der Waals surface area contributed by atoms with Crippen molar-refractivity contribution < 1.29 is 42.1 Å².